The molecule has 0 atom stereocenters. The zero-order valence-electron chi connectivity index (χ0n) is 15.3. The van der Waals surface area contributed by atoms with Gasteiger partial charge in [-0.25, -0.2) is 0 Å². The summed E-state index contributed by atoms with van der Waals surface area (Å²) in [6.07, 6.45) is 0. The van der Waals surface area contributed by atoms with Gasteiger partial charge in [-0.3, -0.25) is 8.97 Å². The summed E-state index contributed by atoms with van der Waals surface area (Å²) >= 11 is 10.3. The summed E-state index contributed by atoms with van der Waals surface area (Å²) in [5.74, 6) is 0. The molecule has 0 spiro atoms. The van der Waals surface area contributed by atoms with Crippen molar-refractivity contribution < 1.29 is 0 Å². The summed E-state index contributed by atoms with van der Waals surface area (Å²) in [5, 5.41) is 2.00. The standard InChI is InChI=1S/C23H18BrClN2/c1-13-8-15(3)16-12-22-26(20(16)10-13)18-6-4-5-7-19(18)27(22)21-11-14(2)9-17(24)23(21)25/h4-12H,1-3H3. The van der Waals surface area contributed by atoms with Crippen molar-refractivity contribution in [2.45, 2.75) is 20.8 Å². The van der Waals surface area contributed by atoms with Crippen LogP contribution in [-0.4, -0.2) is 8.97 Å². The summed E-state index contributed by atoms with van der Waals surface area (Å²) in [5.41, 5.74) is 9.41. The highest BCUT2D eigenvalue weighted by Crippen LogP contribution is 2.37. The quantitative estimate of drug-likeness (QED) is 0.259. The van der Waals surface area contributed by atoms with Crippen molar-refractivity contribution in [3.05, 3.63) is 80.8 Å². The Kier molecular flexibility index (Phi) is 3.68. The van der Waals surface area contributed by atoms with Gasteiger partial charge in [0.25, 0.3) is 0 Å². The second kappa shape index (κ2) is 5.88. The lowest BCUT2D eigenvalue weighted by Crippen LogP contribution is -1.96. The van der Waals surface area contributed by atoms with Crippen LogP contribution in [0.2, 0.25) is 5.02 Å². The fraction of sp³-hybridized carbons (Fsp3) is 0.130. The molecule has 0 N–H and O–H groups in total. The lowest BCUT2D eigenvalue weighted by Gasteiger charge is -2.11. The van der Waals surface area contributed by atoms with Gasteiger partial charge in [-0.2, -0.15) is 0 Å². The van der Waals surface area contributed by atoms with Crippen molar-refractivity contribution in [2.24, 2.45) is 0 Å². The molecule has 3 aromatic carbocycles. The molecule has 0 aliphatic heterocycles. The summed E-state index contributed by atoms with van der Waals surface area (Å²) in [4.78, 5) is 0. The van der Waals surface area contributed by atoms with Crippen molar-refractivity contribution in [2.75, 3.05) is 0 Å². The third-order valence-electron chi connectivity index (χ3n) is 5.24. The van der Waals surface area contributed by atoms with Crippen molar-refractivity contribution in [1.82, 2.24) is 8.97 Å². The molecule has 0 saturated heterocycles. The van der Waals surface area contributed by atoms with E-state index in [0.29, 0.717) is 0 Å². The highest BCUT2D eigenvalue weighted by molar-refractivity contribution is 9.10. The van der Waals surface area contributed by atoms with Gasteiger partial charge in [-0.05, 0) is 89.8 Å². The van der Waals surface area contributed by atoms with E-state index >= 15 is 0 Å². The molecule has 5 rings (SSSR count). The number of halogens is 2. The molecule has 0 aliphatic rings. The molecular weight excluding hydrogens is 420 g/mol. The second-order valence-corrected chi connectivity index (χ2v) is 8.49. The summed E-state index contributed by atoms with van der Waals surface area (Å²) in [6.45, 7) is 6.42. The largest absolute Gasteiger partial charge is 0.293 e. The maximum atomic E-state index is 6.74. The van der Waals surface area contributed by atoms with Crippen LogP contribution in [0.3, 0.4) is 0 Å². The van der Waals surface area contributed by atoms with E-state index in [2.05, 4.69) is 100 Å². The van der Waals surface area contributed by atoms with Crippen LogP contribution in [0.15, 0.2) is 59.1 Å². The molecule has 0 radical (unpaired) electrons. The van der Waals surface area contributed by atoms with E-state index in [0.717, 1.165) is 26.3 Å². The Labute approximate surface area is 171 Å². The molecule has 2 nitrogen and oxygen atoms in total. The monoisotopic (exact) mass is 436 g/mol. The Morgan fingerprint density at radius 1 is 0.815 bits per heavy atom. The van der Waals surface area contributed by atoms with Gasteiger partial charge in [0.1, 0.15) is 5.65 Å². The number of nitrogens with zero attached hydrogens (tertiary/aromatic N) is 2. The van der Waals surface area contributed by atoms with Crippen LogP contribution in [0.5, 0.6) is 0 Å². The first-order chi connectivity index (χ1) is 13.0. The van der Waals surface area contributed by atoms with Crippen molar-refractivity contribution >= 4 is 55.1 Å². The number of para-hydroxylation sites is 2. The summed E-state index contributed by atoms with van der Waals surface area (Å²) < 4.78 is 5.53. The van der Waals surface area contributed by atoms with Gasteiger partial charge in [-0.15, -0.1) is 0 Å². The Balaban J connectivity index is 2.05. The molecule has 5 aromatic rings. The first-order valence-corrected chi connectivity index (χ1v) is 10.1. The van der Waals surface area contributed by atoms with E-state index in [4.69, 9.17) is 11.6 Å². The van der Waals surface area contributed by atoms with Gasteiger partial charge in [0.05, 0.1) is 27.3 Å². The number of aryl methyl sites for hydroxylation is 3. The Bertz CT molecular complexity index is 1370. The van der Waals surface area contributed by atoms with Crippen LogP contribution >= 0.6 is 27.5 Å². The number of benzene rings is 3. The molecule has 134 valence electrons. The van der Waals surface area contributed by atoms with Gasteiger partial charge in [0, 0.05) is 9.86 Å². The topological polar surface area (TPSA) is 9.34 Å². The number of aromatic nitrogens is 2. The summed E-state index contributed by atoms with van der Waals surface area (Å²) in [7, 11) is 0. The zero-order chi connectivity index (χ0) is 18.9. The van der Waals surface area contributed by atoms with Crippen LogP contribution in [-0.2, 0) is 0 Å². The van der Waals surface area contributed by atoms with E-state index in [-0.39, 0.29) is 0 Å². The first-order valence-electron chi connectivity index (χ1n) is 8.93. The SMILES string of the molecule is Cc1cc(Br)c(Cl)c(-n2c3ccccc3n3c4cc(C)cc(C)c4cc23)c1. The van der Waals surface area contributed by atoms with Gasteiger partial charge >= 0.3 is 0 Å². The van der Waals surface area contributed by atoms with Gasteiger partial charge in [0.2, 0.25) is 0 Å². The van der Waals surface area contributed by atoms with Crippen LogP contribution in [0.25, 0.3) is 33.3 Å². The lowest BCUT2D eigenvalue weighted by molar-refractivity contribution is 1.14. The molecule has 2 heterocycles. The molecule has 4 heteroatoms. The molecule has 0 unspecified atom stereocenters. The molecular formula is C23H18BrClN2. The molecule has 27 heavy (non-hydrogen) atoms. The highest BCUT2D eigenvalue weighted by Gasteiger charge is 2.19. The first kappa shape index (κ1) is 16.9. The lowest BCUT2D eigenvalue weighted by atomic mass is 10.1. The highest BCUT2D eigenvalue weighted by atomic mass is 79.9. The van der Waals surface area contributed by atoms with E-state index < -0.39 is 0 Å². The van der Waals surface area contributed by atoms with Crippen LogP contribution in [0.4, 0.5) is 0 Å². The predicted octanol–water partition coefficient (Wildman–Crippen LogP) is 7.38. The van der Waals surface area contributed by atoms with Gasteiger partial charge < -0.3 is 0 Å². The van der Waals surface area contributed by atoms with E-state index in [1.54, 1.807) is 0 Å². The Morgan fingerprint density at radius 3 is 2.30 bits per heavy atom. The van der Waals surface area contributed by atoms with Gasteiger partial charge in [0.15, 0.2) is 0 Å². The molecule has 0 saturated carbocycles. The molecule has 2 aromatic heterocycles. The molecule has 0 amide bonds. The Hall–Kier alpha value is -2.23. The Morgan fingerprint density at radius 2 is 1.52 bits per heavy atom. The van der Waals surface area contributed by atoms with E-state index in [1.807, 2.05) is 0 Å². The maximum absolute atomic E-state index is 6.74. The maximum Gasteiger partial charge on any atom is 0.123 e. The number of hydrogen-bond acceptors (Lipinski definition) is 0. The minimum Gasteiger partial charge on any atom is -0.293 e. The fourth-order valence-electron chi connectivity index (χ4n) is 4.15. The average molecular weight is 438 g/mol. The number of hydrogen-bond donors (Lipinski definition) is 0. The smallest absolute Gasteiger partial charge is 0.123 e. The predicted molar refractivity (Wildman–Crippen MR) is 119 cm³/mol. The number of fused-ring (bicyclic) bond motifs is 5. The third kappa shape index (κ3) is 2.38. The van der Waals surface area contributed by atoms with Crippen molar-refractivity contribution in [3.63, 3.8) is 0 Å². The van der Waals surface area contributed by atoms with E-state index in [1.165, 1.54) is 33.1 Å². The summed E-state index contributed by atoms with van der Waals surface area (Å²) in [6, 6.07) is 19.5. The van der Waals surface area contributed by atoms with Crippen LogP contribution in [0, 0.1) is 20.8 Å². The van der Waals surface area contributed by atoms with E-state index in [9.17, 15) is 0 Å². The van der Waals surface area contributed by atoms with Crippen molar-refractivity contribution in [3.8, 4) is 5.69 Å². The zero-order valence-corrected chi connectivity index (χ0v) is 17.7. The van der Waals surface area contributed by atoms with Crippen molar-refractivity contribution in [1.29, 1.82) is 0 Å². The number of rotatable bonds is 1. The minimum atomic E-state index is 0.724. The molecule has 0 aliphatic carbocycles. The average Bonchev–Trinajstić information content (AvgIpc) is 3.13. The normalized spacial score (nSPS) is 11.9. The second-order valence-electron chi connectivity index (χ2n) is 7.26. The minimum absolute atomic E-state index is 0.724. The fourth-order valence-corrected chi connectivity index (χ4v) is 4.91. The van der Waals surface area contributed by atoms with Crippen LogP contribution in [0.1, 0.15) is 16.7 Å². The van der Waals surface area contributed by atoms with Crippen LogP contribution < -0.4 is 0 Å². The third-order valence-corrected chi connectivity index (χ3v) is 6.49. The molecule has 0 fully saturated rings. The van der Waals surface area contributed by atoms with Gasteiger partial charge in [-0.1, -0.05) is 29.8 Å². The molecule has 0 bridgehead atoms. The number of imidazole rings is 1.